The highest BCUT2D eigenvalue weighted by Gasteiger charge is 2.62. The molecule has 3 aliphatic rings. The van der Waals surface area contributed by atoms with Gasteiger partial charge in [-0.1, -0.05) is 37.6 Å². The number of benzene rings is 1. The number of aromatic nitrogens is 2. The fraction of sp³-hybridized carbons (Fsp3) is 0.520. The first-order valence-corrected chi connectivity index (χ1v) is 12.5. The number of halogens is 1. The van der Waals surface area contributed by atoms with Crippen molar-refractivity contribution in [3.05, 3.63) is 46.7 Å². The molecular formula is C25H31ClN6O3. The summed E-state index contributed by atoms with van der Waals surface area (Å²) >= 11 is 6.11. The van der Waals surface area contributed by atoms with E-state index < -0.39 is 12.2 Å². The Balaban J connectivity index is 1.39. The number of ether oxygens (including phenoxy) is 1. The lowest BCUT2D eigenvalue weighted by atomic mass is 9.95. The van der Waals surface area contributed by atoms with E-state index in [4.69, 9.17) is 16.3 Å². The molecule has 1 aromatic heterocycles. The number of rotatable bonds is 6. The van der Waals surface area contributed by atoms with Crippen molar-refractivity contribution < 1.29 is 14.3 Å². The smallest absolute Gasteiger partial charge is 0.413 e. The van der Waals surface area contributed by atoms with Gasteiger partial charge in [0.15, 0.2) is 0 Å². The molecule has 0 bridgehead atoms. The Morgan fingerprint density at radius 1 is 1.29 bits per heavy atom. The predicted molar refractivity (Wildman–Crippen MR) is 134 cm³/mol. The molecule has 2 fully saturated rings. The average Bonchev–Trinajstić information content (AvgIpc) is 3.51. The van der Waals surface area contributed by atoms with E-state index in [1.165, 1.54) is 6.33 Å². The van der Waals surface area contributed by atoms with Crippen LogP contribution in [-0.2, 0) is 9.53 Å². The van der Waals surface area contributed by atoms with Crippen LogP contribution >= 0.6 is 11.6 Å². The Labute approximate surface area is 210 Å². The van der Waals surface area contributed by atoms with Gasteiger partial charge < -0.3 is 19.9 Å². The second kappa shape index (κ2) is 8.95. The van der Waals surface area contributed by atoms with E-state index in [2.05, 4.69) is 46.3 Å². The minimum Gasteiger partial charge on any atom is -0.441 e. The molecule has 1 aliphatic carbocycles. The van der Waals surface area contributed by atoms with Gasteiger partial charge in [-0.15, -0.1) is 0 Å². The van der Waals surface area contributed by atoms with Crippen LogP contribution in [0.5, 0.6) is 0 Å². The molecule has 2 amide bonds. The second-order valence-corrected chi connectivity index (χ2v) is 10.5. The van der Waals surface area contributed by atoms with E-state index in [0.717, 1.165) is 23.4 Å². The van der Waals surface area contributed by atoms with Crippen LogP contribution in [0.3, 0.4) is 0 Å². The van der Waals surface area contributed by atoms with Gasteiger partial charge in [0, 0.05) is 30.7 Å². The average molecular weight is 499 g/mol. The van der Waals surface area contributed by atoms with Crippen LogP contribution in [0.15, 0.2) is 30.6 Å². The van der Waals surface area contributed by atoms with Gasteiger partial charge in [0.2, 0.25) is 5.91 Å². The van der Waals surface area contributed by atoms with Crippen LogP contribution in [0.1, 0.15) is 57.3 Å². The number of fused-ring (bicyclic) bond motifs is 2. The summed E-state index contributed by atoms with van der Waals surface area (Å²) in [7, 11) is 0. The lowest BCUT2D eigenvalue weighted by Crippen LogP contribution is -2.56. The summed E-state index contributed by atoms with van der Waals surface area (Å²) in [6, 6.07) is 7.97. The quantitative estimate of drug-likeness (QED) is 0.626. The van der Waals surface area contributed by atoms with Crippen LogP contribution in [0, 0.1) is 0 Å². The van der Waals surface area contributed by atoms with Gasteiger partial charge in [-0.3, -0.25) is 10.1 Å². The standard InChI is InChI=1S/C25H31ClN6O3/c1-14(2)27-12-18(16-5-7-17(26)8-6-16)23(33)32-10-9-31(19-11-25(19,32)4)22-20-15(3)35-24(34)30-21(20)28-13-29-22/h5-8,13-15,18-19,27H,9-12H2,1-4H3,(H,28,29,30,34)/t15-,18+,19-,25+/m0/s1. The second-order valence-electron chi connectivity index (χ2n) is 10.1. The van der Waals surface area contributed by atoms with E-state index >= 15 is 0 Å². The maximum Gasteiger partial charge on any atom is 0.413 e. The lowest BCUT2D eigenvalue weighted by Gasteiger charge is -2.42. The number of anilines is 2. The Hall–Kier alpha value is -2.91. The number of carbonyl (C=O) groups excluding carboxylic acids is 2. The van der Waals surface area contributed by atoms with Gasteiger partial charge in [0.25, 0.3) is 0 Å². The molecule has 1 saturated carbocycles. The van der Waals surface area contributed by atoms with Crippen LogP contribution < -0.4 is 15.5 Å². The molecule has 1 saturated heterocycles. The Kier molecular flexibility index (Phi) is 6.09. The molecule has 0 spiro atoms. The van der Waals surface area contributed by atoms with Crippen LogP contribution in [-0.4, -0.2) is 64.1 Å². The molecule has 2 aliphatic heterocycles. The molecule has 10 heteroatoms. The summed E-state index contributed by atoms with van der Waals surface area (Å²) < 4.78 is 5.37. The van der Waals surface area contributed by atoms with Crippen molar-refractivity contribution in [2.75, 3.05) is 29.9 Å². The molecule has 4 atom stereocenters. The van der Waals surface area contributed by atoms with Crippen molar-refractivity contribution in [1.29, 1.82) is 0 Å². The van der Waals surface area contributed by atoms with Crippen molar-refractivity contribution in [1.82, 2.24) is 20.2 Å². The third-order valence-electron chi connectivity index (χ3n) is 7.33. The fourth-order valence-corrected chi connectivity index (χ4v) is 5.45. The number of piperazine rings is 1. The van der Waals surface area contributed by atoms with Crippen molar-refractivity contribution in [3.63, 3.8) is 0 Å². The fourth-order valence-electron chi connectivity index (χ4n) is 5.32. The molecule has 2 N–H and O–H groups in total. The van der Waals surface area contributed by atoms with E-state index in [1.54, 1.807) is 0 Å². The Bertz CT molecular complexity index is 1140. The van der Waals surface area contributed by atoms with Crippen molar-refractivity contribution in [2.24, 2.45) is 0 Å². The van der Waals surface area contributed by atoms with Crippen molar-refractivity contribution >= 4 is 35.2 Å². The largest absolute Gasteiger partial charge is 0.441 e. The molecule has 1 aromatic carbocycles. The highest BCUT2D eigenvalue weighted by molar-refractivity contribution is 6.30. The maximum absolute atomic E-state index is 13.9. The zero-order valence-corrected chi connectivity index (χ0v) is 21.2. The van der Waals surface area contributed by atoms with Gasteiger partial charge in [-0.05, 0) is 38.0 Å². The van der Waals surface area contributed by atoms with Gasteiger partial charge in [0.05, 0.1) is 23.1 Å². The first-order valence-electron chi connectivity index (χ1n) is 12.1. The molecule has 186 valence electrons. The molecule has 2 aromatic rings. The molecule has 35 heavy (non-hydrogen) atoms. The molecule has 5 rings (SSSR count). The molecule has 0 radical (unpaired) electrons. The Morgan fingerprint density at radius 3 is 2.74 bits per heavy atom. The van der Waals surface area contributed by atoms with Crippen molar-refractivity contribution in [3.8, 4) is 0 Å². The van der Waals surface area contributed by atoms with E-state index in [9.17, 15) is 9.59 Å². The highest BCUT2D eigenvalue weighted by atomic mass is 35.5. The third-order valence-corrected chi connectivity index (χ3v) is 7.59. The van der Waals surface area contributed by atoms with E-state index in [1.807, 2.05) is 36.1 Å². The predicted octanol–water partition coefficient (Wildman–Crippen LogP) is 3.71. The zero-order chi connectivity index (χ0) is 24.9. The van der Waals surface area contributed by atoms with Gasteiger partial charge in [-0.2, -0.15) is 0 Å². The van der Waals surface area contributed by atoms with Gasteiger partial charge in [0.1, 0.15) is 24.1 Å². The lowest BCUT2D eigenvalue weighted by molar-refractivity contribution is -0.136. The van der Waals surface area contributed by atoms with Gasteiger partial charge in [-0.25, -0.2) is 14.8 Å². The summed E-state index contributed by atoms with van der Waals surface area (Å²) in [4.78, 5) is 38.8. The summed E-state index contributed by atoms with van der Waals surface area (Å²) in [5, 5.41) is 6.77. The summed E-state index contributed by atoms with van der Waals surface area (Å²) in [6.07, 6.45) is 1.36. The monoisotopic (exact) mass is 498 g/mol. The minimum absolute atomic E-state index is 0.124. The third kappa shape index (κ3) is 4.31. The summed E-state index contributed by atoms with van der Waals surface area (Å²) in [6.45, 7) is 9.92. The normalized spacial score (nSPS) is 25.9. The van der Waals surface area contributed by atoms with Crippen LogP contribution in [0.4, 0.5) is 16.4 Å². The molecule has 9 nitrogen and oxygen atoms in total. The molecular weight excluding hydrogens is 468 g/mol. The van der Waals surface area contributed by atoms with Crippen molar-refractivity contribution in [2.45, 2.75) is 63.8 Å². The highest BCUT2D eigenvalue weighted by Crippen LogP contribution is 2.51. The first-order chi connectivity index (χ1) is 16.7. The van der Waals surface area contributed by atoms with Crippen LogP contribution in [0.2, 0.25) is 5.02 Å². The topological polar surface area (TPSA) is 99.7 Å². The summed E-state index contributed by atoms with van der Waals surface area (Å²) in [5.74, 6) is 1.08. The SMILES string of the molecule is CC(C)NC[C@@H](C(=O)N1CCN(c2ncnc3c2[C@H](C)OC(=O)N3)[C@H]2C[C@]21C)c1ccc(Cl)cc1. The Morgan fingerprint density at radius 2 is 2.03 bits per heavy atom. The van der Waals surface area contributed by atoms with E-state index in [-0.39, 0.29) is 29.4 Å². The maximum atomic E-state index is 13.9. The number of nitrogens with one attached hydrogen (secondary N) is 2. The molecule has 3 heterocycles. The number of hydrogen-bond acceptors (Lipinski definition) is 7. The molecule has 0 unspecified atom stereocenters. The number of nitrogens with zero attached hydrogens (tertiary/aromatic N) is 4. The van der Waals surface area contributed by atoms with E-state index in [0.29, 0.717) is 30.5 Å². The number of cyclic esters (lactones) is 1. The number of amides is 2. The number of carbonyl (C=O) groups is 2. The summed E-state index contributed by atoms with van der Waals surface area (Å²) in [5.41, 5.74) is 1.45. The first kappa shape index (κ1) is 23.8. The number of hydrogen-bond donors (Lipinski definition) is 2. The zero-order valence-electron chi connectivity index (χ0n) is 20.4. The van der Waals surface area contributed by atoms with Gasteiger partial charge >= 0.3 is 6.09 Å². The minimum atomic E-state index is -0.510. The van der Waals surface area contributed by atoms with Crippen LogP contribution in [0.25, 0.3) is 0 Å².